The summed E-state index contributed by atoms with van der Waals surface area (Å²) in [4.78, 5) is 14.0. The summed E-state index contributed by atoms with van der Waals surface area (Å²) in [5, 5.41) is 20.0. The zero-order valence-electron chi connectivity index (χ0n) is 13.0. The van der Waals surface area contributed by atoms with E-state index in [-0.39, 0.29) is 12.0 Å². The van der Waals surface area contributed by atoms with Crippen LogP contribution in [0.25, 0.3) is 0 Å². The van der Waals surface area contributed by atoms with Crippen molar-refractivity contribution in [1.82, 2.24) is 15.1 Å². The van der Waals surface area contributed by atoms with E-state index < -0.39 is 6.09 Å². The van der Waals surface area contributed by atoms with Gasteiger partial charge in [0.2, 0.25) is 0 Å². The van der Waals surface area contributed by atoms with Crippen molar-refractivity contribution >= 4 is 34.8 Å². The lowest BCUT2D eigenvalue weighted by molar-refractivity contribution is 0.138. The third kappa shape index (κ3) is 3.57. The second-order valence-corrected chi connectivity index (χ2v) is 7.53. The minimum atomic E-state index is -0.882. The van der Waals surface area contributed by atoms with Crippen molar-refractivity contribution in [2.24, 2.45) is 0 Å². The molecule has 2 aromatic heterocycles. The molecule has 3 heterocycles. The molecule has 1 aliphatic rings. The molecule has 3 rings (SSSR count). The third-order valence-corrected chi connectivity index (χ3v) is 5.49. The van der Waals surface area contributed by atoms with E-state index in [1.165, 1.54) is 16.2 Å². The summed E-state index contributed by atoms with van der Waals surface area (Å²) in [6.07, 6.45) is 2.29. The van der Waals surface area contributed by atoms with Crippen LogP contribution in [0.2, 0.25) is 4.34 Å². The summed E-state index contributed by atoms with van der Waals surface area (Å²) in [7, 11) is 0. The van der Waals surface area contributed by atoms with Crippen LogP contribution < -0.4 is 5.32 Å². The minimum absolute atomic E-state index is 0.0853. The number of amides is 1. The number of thiophene rings is 1. The fourth-order valence-electron chi connectivity index (χ4n) is 3.15. The number of aromatic amines is 1. The van der Waals surface area contributed by atoms with Gasteiger partial charge in [0.25, 0.3) is 0 Å². The zero-order valence-corrected chi connectivity index (χ0v) is 14.6. The lowest BCUT2D eigenvalue weighted by Gasteiger charge is -2.23. The summed E-state index contributed by atoms with van der Waals surface area (Å²) in [5.74, 6) is 0.905. The maximum absolute atomic E-state index is 11.4. The lowest BCUT2D eigenvalue weighted by atomic mass is 9.94. The van der Waals surface area contributed by atoms with E-state index in [2.05, 4.69) is 22.1 Å². The van der Waals surface area contributed by atoms with Gasteiger partial charge >= 0.3 is 6.09 Å². The van der Waals surface area contributed by atoms with E-state index in [1.807, 2.05) is 18.2 Å². The number of anilines is 1. The monoisotopic (exact) mass is 366 g/mol. The molecule has 8 heteroatoms. The average molecular weight is 367 g/mol. The quantitative estimate of drug-likeness (QED) is 0.671. The van der Waals surface area contributed by atoms with Gasteiger partial charge in [-0.15, -0.1) is 17.9 Å². The van der Waals surface area contributed by atoms with Gasteiger partial charge in [-0.1, -0.05) is 17.7 Å². The Balaban J connectivity index is 1.67. The van der Waals surface area contributed by atoms with E-state index in [9.17, 15) is 9.90 Å². The fourth-order valence-corrected chi connectivity index (χ4v) is 4.17. The number of likely N-dealkylation sites (tertiary alicyclic amines) is 1. The molecule has 0 radical (unpaired) electrons. The Labute approximate surface area is 149 Å². The van der Waals surface area contributed by atoms with Crippen molar-refractivity contribution < 1.29 is 9.90 Å². The van der Waals surface area contributed by atoms with Gasteiger partial charge in [-0.05, 0) is 25.0 Å². The molecule has 1 fully saturated rings. The highest BCUT2D eigenvalue weighted by atomic mass is 35.5. The molecule has 1 amide bonds. The first-order chi connectivity index (χ1) is 11.6. The van der Waals surface area contributed by atoms with Crippen LogP contribution in [0.3, 0.4) is 0 Å². The smallest absolute Gasteiger partial charge is 0.407 e. The van der Waals surface area contributed by atoms with Crippen molar-refractivity contribution in [1.29, 1.82) is 0 Å². The summed E-state index contributed by atoms with van der Waals surface area (Å²) in [6.45, 7) is 4.94. The van der Waals surface area contributed by atoms with Crippen molar-refractivity contribution in [2.75, 3.05) is 11.9 Å². The molecule has 1 saturated heterocycles. The van der Waals surface area contributed by atoms with Gasteiger partial charge in [0, 0.05) is 29.4 Å². The van der Waals surface area contributed by atoms with Gasteiger partial charge in [0.15, 0.2) is 0 Å². The Bertz CT molecular complexity index is 729. The average Bonchev–Trinajstić information content (AvgIpc) is 3.24. The highest BCUT2D eigenvalue weighted by molar-refractivity contribution is 7.16. The zero-order chi connectivity index (χ0) is 17.1. The normalized spacial score (nSPS) is 20.3. The van der Waals surface area contributed by atoms with E-state index >= 15 is 0 Å². The maximum atomic E-state index is 11.4. The molecule has 2 atom stereocenters. The number of H-pyrrole nitrogens is 1. The number of carbonyl (C=O) groups is 1. The predicted octanol–water partition coefficient (Wildman–Crippen LogP) is 4.15. The Morgan fingerprint density at radius 1 is 1.62 bits per heavy atom. The number of aromatic nitrogens is 2. The predicted molar refractivity (Wildman–Crippen MR) is 95.9 cm³/mol. The van der Waals surface area contributed by atoms with Crippen LogP contribution in [-0.2, 0) is 6.54 Å². The molecule has 128 valence electrons. The van der Waals surface area contributed by atoms with Gasteiger partial charge in [-0.3, -0.25) is 5.10 Å². The molecule has 1 aliphatic heterocycles. The topological polar surface area (TPSA) is 81.2 Å². The van der Waals surface area contributed by atoms with Crippen LogP contribution in [0.4, 0.5) is 10.6 Å². The lowest BCUT2D eigenvalue weighted by Crippen LogP contribution is -2.36. The number of halogens is 1. The largest absolute Gasteiger partial charge is 0.465 e. The number of nitrogens with one attached hydrogen (secondary N) is 2. The van der Waals surface area contributed by atoms with Crippen LogP contribution in [0.5, 0.6) is 0 Å². The van der Waals surface area contributed by atoms with Crippen molar-refractivity contribution in [3.05, 3.63) is 45.8 Å². The molecule has 2 aromatic rings. The molecule has 0 bridgehead atoms. The second-order valence-electron chi connectivity index (χ2n) is 5.73. The Kier molecular flexibility index (Phi) is 5.11. The summed E-state index contributed by atoms with van der Waals surface area (Å²) in [5.41, 5.74) is 0.886. The van der Waals surface area contributed by atoms with Crippen molar-refractivity contribution in [2.45, 2.75) is 31.3 Å². The van der Waals surface area contributed by atoms with Gasteiger partial charge in [-0.2, -0.15) is 5.10 Å². The molecular weight excluding hydrogens is 348 g/mol. The minimum Gasteiger partial charge on any atom is -0.465 e. The number of carboxylic acid groups (broad SMARTS) is 1. The van der Waals surface area contributed by atoms with E-state index in [0.717, 1.165) is 27.1 Å². The third-order valence-electron chi connectivity index (χ3n) is 4.26. The van der Waals surface area contributed by atoms with Crippen molar-refractivity contribution in [3.8, 4) is 0 Å². The molecule has 2 unspecified atom stereocenters. The van der Waals surface area contributed by atoms with Crippen LogP contribution in [0.15, 0.2) is 30.9 Å². The number of hydrogen-bond acceptors (Lipinski definition) is 4. The van der Waals surface area contributed by atoms with Gasteiger partial charge in [0.05, 0.1) is 16.6 Å². The van der Waals surface area contributed by atoms with E-state index in [1.54, 1.807) is 6.08 Å². The highest BCUT2D eigenvalue weighted by Crippen LogP contribution is 2.35. The SMILES string of the molecule is C=CCC1C(c2cc(NCc3ccc(Cl)s3)[nH]n2)CCN1C(=O)O. The van der Waals surface area contributed by atoms with E-state index in [0.29, 0.717) is 19.5 Å². The standard InChI is InChI=1S/C16H19ClN4O2S/c1-2-3-13-11(6-7-21(13)16(22)23)12-8-15(20-19-12)18-9-10-4-5-14(17)24-10/h2,4-5,8,11,13H,1,3,6-7,9H2,(H,22,23)(H2,18,19,20). The number of rotatable bonds is 6. The second kappa shape index (κ2) is 7.27. The van der Waals surface area contributed by atoms with Gasteiger partial charge in [-0.25, -0.2) is 4.79 Å². The molecule has 0 aromatic carbocycles. The highest BCUT2D eigenvalue weighted by Gasteiger charge is 2.38. The molecular formula is C16H19ClN4O2S. The summed E-state index contributed by atoms with van der Waals surface area (Å²) >= 11 is 7.46. The van der Waals surface area contributed by atoms with Crippen LogP contribution in [0.1, 0.15) is 29.3 Å². The summed E-state index contributed by atoms with van der Waals surface area (Å²) in [6, 6.07) is 5.72. The fraction of sp³-hybridized carbons (Fsp3) is 0.375. The number of nitrogens with zero attached hydrogens (tertiary/aromatic N) is 2. The molecule has 6 nitrogen and oxygen atoms in total. The van der Waals surface area contributed by atoms with E-state index in [4.69, 9.17) is 11.6 Å². The number of hydrogen-bond donors (Lipinski definition) is 3. The molecule has 0 aliphatic carbocycles. The Morgan fingerprint density at radius 2 is 2.46 bits per heavy atom. The molecule has 24 heavy (non-hydrogen) atoms. The van der Waals surface area contributed by atoms with Crippen LogP contribution in [0, 0.1) is 0 Å². The van der Waals surface area contributed by atoms with Crippen LogP contribution >= 0.6 is 22.9 Å². The Morgan fingerprint density at radius 3 is 3.12 bits per heavy atom. The molecule has 3 N–H and O–H groups in total. The molecule has 0 saturated carbocycles. The maximum Gasteiger partial charge on any atom is 0.407 e. The molecule has 0 spiro atoms. The first-order valence-corrected chi connectivity index (χ1v) is 8.91. The summed E-state index contributed by atoms with van der Waals surface area (Å²) < 4.78 is 0.768. The first kappa shape index (κ1) is 16.9. The first-order valence-electron chi connectivity index (χ1n) is 7.72. The Hall–Kier alpha value is -1.99. The van der Waals surface area contributed by atoms with Gasteiger partial charge in [0.1, 0.15) is 5.82 Å². The van der Waals surface area contributed by atoms with Crippen LogP contribution in [-0.4, -0.2) is 38.9 Å². The van der Waals surface area contributed by atoms with Gasteiger partial charge < -0.3 is 15.3 Å². The van der Waals surface area contributed by atoms with Crippen molar-refractivity contribution in [3.63, 3.8) is 0 Å².